The normalized spacial score (nSPS) is 13.5. The summed E-state index contributed by atoms with van der Waals surface area (Å²) in [6.45, 7) is 5.03. The molecule has 0 saturated heterocycles. The third-order valence-corrected chi connectivity index (χ3v) is 5.59. The van der Waals surface area contributed by atoms with E-state index in [0.29, 0.717) is 34.1 Å². The minimum absolute atomic E-state index is 0.0620. The Hall–Kier alpha value is -4.14. The van der Waals surface area contributed by atoms with Gasteiger partial charge in [0.05, 0.1) is 11.2 Å². The SMILES string of the molecule is CC(=O)c1cc2c(cc1NC(=O)C(C)n1c3ccccc3c3nc(=O)cc(C)n31)OCO2. The number of benzene rings is 2. The van der Waals surface area contributed by atoms with E-state index in [-0.39, 0.29) is 24.0 Å². The Morgan fingerprint density at radius 3 is 2.59 bits per heavy atom. The van der Waals surface area contributed by atoms with Crippen LogP contribution in [-0.4, -0.2) is 32.7 Å². The van der Waals surface area contributed by atoms with E-state index < -0.39 is 6.04 Å². The largest absolute Gasteiger partial charge is 0.454 e. The number of anilines is 1. The number of aryl methyl sites for hydroxylation is 1. The number of carbonyl (C=O) groups excluding carboxylic acids is 2. The highest BCUT2D eigenvalue weighted by Gasteiger charge is 2.25. The minimum atomic E-state index is -0.689. The predicted molar refractivity (Wildman–Crippen MR) is 118 cm³/mol. The van der Waals surface area contributed by atoms with E-state index >= 15 is 0 Å². The fraction of sp³-hybridized carbons (Fsp3) is 0.217. The van der Waals surface area contributed by atoms with Gasteiger partial charge in [0.25, 0.3) is 5.56 Å². The first-order valence-electron chi connectivity index (χ1n) is 10.1. The number of fused-ring (bicyclic) bond motifs is 4. The van der Waals surface area contributed by atoms with Crippen LogP contribution in [0, 0.1) is 6.92 Å². The lowest BCUT2D eigenvalue weighted by Crippen LogP contribution is -2.27. The number of rotatable bonds is 4. The molecule has 1 aliphatic rings. The predicted octanol–water partition coefficient (Wildman–Crippen LogP) is 3.09. The number of hydrogen-bond donors (Lipinski definition) is 1. The van der Waals surface area contributed by atoms with Crippen LogP contribution >= 0.6 is 0 Å². The zero-order chi connectivity index (χ0) is 22.6. The summed E-state index contributed by atoms with van der Waals surface area (Å²) in [7, 11) is 0. The number of nitrogens with zero attached hydrogens (tertiary/aromatic N) is 3. The molecule has 0 spiro atoms. The molecular weight excluding hydrogens is 412 g/mol. The van der Waals surface area contributed by atoms with E-state index in [2.05, 4.69) is 10.3 Å². The van der Waals surface area contributed by atoms with E-state index in [1.807, 2.05) is 24.3 Å². The Morgan fingerprint density at radius 2 is 1.84 bits per heavy atom. The summed E-state index contributed by atoms with van der Waals surface area (Å²) in [5, 5.41) is 3.62. The van der Waals surface area contributed by atoms with Gasteiger partial charge in [-0.2, -0.15) is 4.98 Å². The molecule has 0 aliphatic carbocycles. The number of amides is 1. The van der Waals surface area contributed by atoms with Crippen LogP contribution in [0.25, 0.3) is 16.6 Å². The molecule has 1 N–H and O–H groups in total. The van der Waals surface area contributed by atoms with Crippen molar-refractivity contribution in [2.24, 2.45) is 0 Å². The summed E-state index contributed by atoms with van der Waals surface area (Å²) in [5.74, 6) is 0.383. The fourth-order valence-corrected chi connectivity index (χ4v) is 4.07. The lowest BCUT2D eigenvalue weighted by molar-refractivity contribution is -0.119. The van der Waals surface area contributed by atoms with Crippen molar-refractivity contribution in [3.8, 4) is 11.5 Å². The molecule has 1 atom stereocenters. The number of para-hydroxylation sites is 1. The Kier molecular flexibility index (Phi) is 4.47. The maximum Gasteiger partial charge on any atom is 0.273 e. The molecule has 0 bridgehead atoms. The Balaban J connectivity index is 1.61. The number of ether oxygens (including phenoxy) is 2. The van der Waals surface area contributed by atoms with Crippen molar-refractivity contribution >= 4 is 33.9 Å². The van der Waals surface area contributed by atoms with Crippen LogP contribution in [0.5, 0.6) is 11.5 Å². The van der Waals surface area contributed by atoms with Gasteiger partial charge < -0.3 is 14.8 Å². The average molecular weight is 432 g/mol. The zero-order valence-corrected chi connectivity index (χ0v) is 17.7. The van der Waals surface area contributed by atoms with Gasteiger partial charge in [-0.05, 0) is 39.0 Å². The van der Waals surface area contributed by atoms with E-state index in [1.165, 1.54) is 13.0 Å². The van der Waals surface area contributed by atoms with Crippen molar-refractivity contribution in [3.63, 3.8) is 0 Å². The number of aromatic nitrogens is 3. The molecule has 1 unspecified atom stereocenters. The molecule has 1 aliphatic heterocycles. The van der Waals surface area contributed by atoms with Crippen LogP contribution in [0.3, 0.4) is 0 Å². The maximum atomic E-state index is 13.3. The summed E-state index contributed by atoms with van der Waals surface area (Å²) in [4.78, 5) is 41.7. The molecule has 3 heterocycles. The van der Waals surface area contributed by atoms with Gasteiger partial charge >= 0.3 is 0 Å². The number of hydrogen-bond acceptors (Lipinski definition) is 6. The molecule has 2 aromatic heterocycles. The molecule has 5 rings (SSSR count). The quantitative estimate of drug-likeness (QED) is 0.497. The van der Waals surface area contributed by atoms with E-state index in [4.69, 9.17) is 9.47 Å². The second kappa shape index (κ2) is 7.23. The second-order valence-electron chi connectivity index (χ2n) is 7.71. The van der Waals surface area contributed by atoms with Crippen molar-refractivity contribution in [2.75, 3.05) is 12.1 Å². The number of Topliss-reactive ketones (excluding diaryl/α,β-unsaturated/α-hetero) is 1. The first kappa shape index (κ1) is 19.8. The van der Waals surface area contributed by atoms with Crippen LogP contribution in [0.4, 0.5) is 5.69 Å². The van der Waals surface area contributed by atoms with E-state index in [0.717, 1.165) is 10.9 Å². The number of carbonyl (C=O) groups is 2. The van der Waals surface area contributed by atoms with Gasteiger partial charge in [-0.3, -0.25) is 19.1 Å². The monoisotopic (exact) mass is 432 g/mol. The molecule has 162 valence electrons. The van der Waals surface area contributed by atoms with Crippen LogP contribution in [0.15, 0.2) is 47.3 Å². The van der Waals surface area contributed by atoms with Crippen molar-refractivity contribution in [3.05, 3.63) is 64.1 Å². The highest BCUT2D eigenvalue weighted by atomic mass is 16.7. The molecule has 4 aromatic rings. The summed E-state index contributed by atoms with van der Waals surface area (Å²) in [6.07, 6.45) is 0. The van der Waals surface area contributed by atoms with Crippen molar-refractivity contribution in [1.82, 2.24) is 14.2 Å². The van der Waals surface area contributed by atoms with Gasteiger partial charge in [0.1, 0.15) is 6.04 Å². The first-order valence-corrected chi connectivity index (χ1v) is 10.1. The highest BCUT2D eigenvalue weighted by Crippen LogP contribution is 2.37. The molecule has 9 nitrogen and oxygen atoms in total. The average Bonchev–Trinajstić information content (AvgIpc) is 3.34. The summed E-state index contributed by atoms with van der Waals surface area (Å²) < 4.78 is 14.3. The van der Waals surface area contributed by atoms with Gasteiger partial charge in [-0.1, -0.05) is 12.1 Å². The van der Waals surface area contributed by atoms with Crippen LogP contribution < -0.4 is 20.3 Å². The third-order valence-electron chi connectivity index (χ3n) is 5.59. The summed E-state index contributed by atoms with van der Waals surface area (Å²) in [6, 6.07) is 11.4. The lowest BCUT2D eigenvalue weighted by atomic mass is 10.1. The fourth-order valence-electron chi connectivity index (χ4n) is 4.07. The smallest absolute Gasteiger partial charge is 0.273 e. The molecule has 0 fully saturated rings. The van der Waals surface area contributed by atoms with Crippen molar-refractivity contribution < 1.29 is 19.1 Å². The molecule has 9 heteroatoms. The summed E-state index contributed by atoms with van der Waals surface area (Å²) in [5.41, 5.74) is 2.24. The summed E-state index contributed by atoms with van der Waals surface area (Å²) >= 11 is 0. The molecule has 0 saturated carbocycles. The molecule has 1 amide bonds. The zero-order valence-electron chi connectivity index (χ0n) is 17.7. The molecule has 0 radical (unpaired) electrons. The minimum Gasteiger partial charge on any atom is -0.454 e. The first-order chi connectivity index (χ1) is 15.3. The third kappa shape index (κ3) is 3.01. The number of ketones is 1. The van der Waals surface area contributed by atoms with Gasteiger partial charge in [0.2, 0.25) is 12.7 Å². The molecule has 32 heavy (non-hydrogen) atoms. The van der Waals surface area contributed by atoms with Gasteiger partial charge in [-0.15, -0.1) is 0 Å². The van der Waals surface area contributed by atoms with Crippen molar-refractivity contribution in [2.45, 2.75) is 26.8 Å². The molecule has 2 aromatic carbocycles. The topological polar surface area (TPSA) is 104 Å². The second-order valence-corrected chi connectivity index (χ2v) is 7.71. The van der Waals surface area contributed by atoms with E-state index in [9.17, 15) is 14.4 Å². The van der Waals surface area contributed by atoms with Gasteiger partial charge in [0.15, 0.2) is 22.9 Å². The van der Waals surface area contributed by atoms with Gasteiger partial charge in [-0.25, -0.2) is 4.52 Å². The maximum absolute atomic E-state index is 13.3. The van der Waals surface area contributed by atoms with Crippen LogP contribution in [0.1, 0.15) is 35.9 Å². The van der Waals surface area contributed by atoms with E-state index in [1.54, 1.807) is 35.2 Å². The standard InChI is InChI=1S/C23H20N4O5/c1-12-8-21(29)25-22-15-6-4-5-7-18(15)27(26(12)22)13(2)23(30)24-17-10-20-19(31-11-32-20)9-16(17)14(3)28/h4-10,13H,11H2,1-3H3,(H,24,30). The van der Waals surface area contributed by atoms with Gasteiger partial charge in [0, 0.05) is 28.8 Å². The Morgan fingerprint density at radius 1 is 1.12 bits per heavy atom. The van der Waals surface area contributed by atoms with Crippen molar-refractivity contribution in [1.29, 1.82) is 0 Å². The van der Waals surface area contributed by atoms with Crippen LogP contribution in [-0.2, 0) is 4.79 Å². The highest BCUT2D eigenvalue weighted by molar-refractivity contribution is 6.05. The lowest BCUT2D eigenvalue weighted by Gasteiger charge is -2.19. The Bertz CT molecular complexity index is 1480. The Labute approximate surface area is 182 Å². The van der Waals surface area contributed by atoms with Crippen LogP contribution in [0.2, 0.25) is 0 Å². The number of nitrogens with one attached hydrogen (secondary N) is 1. The molecular formula is C23H20N4O5.